The van der Waals surface area contributed by atoms with Crippen LogP contribution < -0.4 is 10.5 Å². The van der Waals surface area contributed by atoms with Crippen LogP contribution in [0.15, 0.2) is 82.8 Å². The molecule has 0 unspecified atom stereocenters. The zero-order valence-electron chi connectivity index (χ0n) is 35.2. The Balaban J connectivity index is 1.49. The van der Waals surface area contributed by atoms with Crippen LogP contribution in [0.2, 0.25) is 0 Å². The lowest BCUT2D eigenvalue weighted by Crippen LogP contribution is -2.16. The number of aryl methyl sites for hydroxylation is 3. The van der Waals surface area contributed by atoms with E-state index in [1.807, 2.05) is 20.8 Å². The Morgan fingerprint density at radius 3 is 1.43 bits per heavy atom. The highest BCUT2D eigenvalue weighted by molar-refractivity contribution is 7.99. The van der Waals surface area contributed by atoms with Gasteiger partial charge >= 0.3 is 12.4 Å². The molecule has 8 nitrogen and oxygen atoms in total. The second-order valence-electron chi connectivity index (χ2n) is 14.9. The fourth-order valence-corrected chi connectivity index (χ4v) is 8.74. The number of nitrogens with zero attached hydrogens (tertiary/aromatic N) is 2. The van der Waals surface area contributed by atoms with Gasteiger partial charge in [-0.3, -0.25) is 19.2 Å². The highest BCUT2D eigenvalue weighted by Gasteiger charge is 2.35. The molecule has 0 saturated heterocycles. The van der Waals surface area contributed by atoms with E-state index in [4.69, 9.17) is 10.5 Å². The molecule has 4 aromatic carbocycles. The Hall–Kier alpha value is -5.32. The molecular weight excluding hydrogens is 865 g/mol. The Morgan fingerprint density at radius 1 is 0.587 bits per heavy atom. The molecule has 0 aliphatic rings. The minimum atomic E-state index is -4.83. The number of aromatic nitrogens is 2. The van der Waals surface area contributed by atoms with Crippen LogP contribution in [-0.4, -0.2) is 58.3 Å². The summed E-state index contributed by atoms with van der Waals surface area (Å²) in [6, 6.07) is 14.3. The van der Waals surface area contributed by atoms with Crippen LogP contribution in [0, 0.1) is 20.8 Å². The first-order chi connectivity index (χ1) is 29.7. The molecule has 0 radical (unpaired) electrons. The van der Waals surface area contributed by atoms with Gasteiger partial charge in [0.05, 0.1) is 18.2 Å². The summed E-state index contributed by atoms with van der Waals surface area (Å²) < 4.78 is 91.4. The van der Waals surface area contributed by atoms with Crippen LogP contribution in [0.25, 0.3) is 0 Å². The van der Waals surface area contributed by atoms with Crippen LogP contribution in [0.4, 0.5) is 26.3 Å². The average Bonchev–Trinajstić information content (AvgIpc) is 3.23. The number of ether oxygens (including phenoxy) is 1. The third-order valence-electron chi connectivity index (χ3n) is 10.2. The van der Waals surface area contributed by atoms with Crippen molar-refractivity contribution in [3.8, 4) is 5.75 Å². The molecule has 5 rings (SSSR count). The number of halogens is 6. The van der Waals surface area contributed by atoms with Crippen molar-refractivity contribution in [3.05, 3.63) is 146 Å². The molecule has 332 valence electrons. The van der Waals surface area contributed by atoms with E-state index in [-0.39, 0.29) is 56.4 Å². The third kappa shape index (κ3) is 12.4. The van der Waals surface area contributed by atoms with Crippen molar-refractivity contribution in [2.45, 2.75) is 81.9 Å². The lowest BCUT2D eigenvalue weighted by molar-refractivity contribution is -0.138. The monoisotopic (exact) mass is 909 g/mol. The molecule has 1 aromatic heterocycles. The maximum atomic E-state index is 14.4. The lowest BCUT2D eigenvalue weighted by Gasteiger charge is -2.18. The van der Waals surface area contributed by atoms with Crippen LogP contribution in [0.3, 0.4) is 0 Å². The van der Waals surface area contributed by atoms with Gasteiger partial charge in [-0.2, -0.15) is 26.3 Å². The molecule has 0 saturated carbocycles. The van der Waals surface area contributed by atoms with Crippen LogP contribution >= 0.6 is 23.5 Å². The normalized spacial score (nSPS) is 11.7. The maximum absolute atomic E-state index is 14.4. The van der Waals surface area contributed by atoms with E-state index in [9.17, 15) is 45.5 Å². The Bertz CT molecular complexity index is 2540. The van der Waals surface area contributed by atoms with Crippen molar-refractivity contribution in [1.82, 2.24) is 9.97 Å². The third-order valence-corrected chi connectivity index (χ3v) is 12.8. The zero-order valence-corrected chi connectivity index (χ0v) is 36.8. The second-order valence-corrected chi connectivity index (χ2v) is 17.1. The molecular formula is C47H45F6N3O5S2. The number of ketones is 4. The summed E-state index contributed by atoms with van der Waals surface area (Å²) in [6.45, 7) is 7.48. The van der Waals surface area contributed by atoms with E-state index in [1.165, 1.54) is 24.9 Å². The predicted molar refractivity (Wildman–Crippen MR) is 231 cm³/mol. The number of alkyl halides is 6. The molecule has 0 atom stereocenters. The highest BCUT2D eigenvalue weighted by atomic mass is 32.2. The van der Waals surface area contributed by atoms with Crippen molar-refractivity contribution in [2.75, 3.05) is 25.2 Å². The number of rotatable bonds is 19. The summed E-state index contributed by atoms with van der Waals surface area (Å²) >= 11 is 2.31. The number of hydrogen-bond donors (Lipinski definition) is 1. The fraction of sp³-hybridized carbons (Fsp3) is 0.319. The highest BCUT2D eigenvalue weighted by Crippen LogP contribution is 2.39. The summed E-state index contributed by atoms with van der Waals surface area (Å²) in [5, 5.41) is 0. The van der Waals surface area contributed by atoms with Crippen molar-refractivity contribution >= 4 is 46.7 Å². The van der Waals surface area contributed by atoms with Gasteiger partial charge in [-0.1, -0.05) is 31.2 Å². The van der Waals surface area contributed by atoms with Gasteiger partial charge in [-0.05, 0) is 114 Å². The second kappa shape index (κ2) is 20.9. The minimum Gasteiger partial charge on any atom is -0.496 e. The number of carbonyl (C=O) groups excluding carboxylic acids is 4. The Kier molecular flexibility index (Phi) is 16.2. The zero-order chi connectivity index (χ0) is 46.2. The smallest absolute Gasteiger partial charge is 0.416 e. The first-order valence-corrected chi connectivity index (χ1v) is 21.8. The van der Waals surface area contributed by atoms with Crippen molar-refractivity contribution in [2.24, 2.45) is 5.73 Å². The molecule has 2 N–H and O–H groups in total. The average molecular weight is 910 g/mol. The molecule has 0 aliphatic carbocycles. The van der Waals surface area contributed by atoms with Gasteiger partial charge in [-0.25, -0.2) is 9.97 Å². The van der Waals surface area contributed by atoms with Crippen molar-refractivity contribution in [3.63, 3.8) is 0 Å². The van der Waals surface area contributed by atoms with Crippen LogP contribution in [0.5, 0.6) is 5.75 Å². The summed E-state index contributed by atoms with van der Waals surface area (Å²) in [6.07, 6.45) is -10.1. The molecule has 63 heavy (non-hydrogen) atoms. The Labute approximate surface area is 369 Å². The number of nitrogens with two attached hydrogens (primary N) is 1. The van der Waals surface area contributed by atoms with E-state index in [2.05, 4.69) is 9.97 Å². The predicted octanol–water partition coefficient (Wildman–Crippen LogP) is 10.7. The van der Waals surface area contributed by atoms with Crippen molar-refractivity contribution < 1.29 is 50.3 Å². The molecule has 1 heterocycles. The van der Waals surface area contributed by atoms with E-state index < -0.39 is 72.3 Å². The number of Topliss-reactive ketones (excluding diaryl/α,β-unsaturated/α-hetero) is 4. The van der Waals surface area contributed by atoms with Crippen LogP contribution in [-0.2, 0) is 38.0 Å². The topological polar surface area (TPSA) is 129 Å². The lowest BCUT2D eigenvalue weighted by atomic mass is 9.94. The molecule has 0 bridgehead atoms. The maximum Gasteiger partial charge on any atom is 0.416 e. The van der Waals surface area contributed by atoms with Gasteiger partial charge in [0.15, 0.2) is 23.1 Å². The Morgan fingerprint density at radius 2 is 1.02 bits per heavy atom. The van der Waals surface area contributed by atoms with Gasteiger partial charge in [0.2, 0.25) is 0 Å². The van der Waals surface area contributed by atoms with Crippen molar-refractivity contribution in [1.29, 1.82) is 0 Å². The number of thioether (sulfide) groups is 2. The first-order valence-electron chi connectivity index (χ1n) is 19.8. The molecule has 5 aromatic rings. The van der Waals surface area contributed by atoms with Gasteiger partial charge in [-0.15, -0.1) is 23.5 Å². The molecule has 0 fully saturated rings. The molecule has 0 spiro atoms. The number of methoxy groups -OCH3 is 1. The number of benzene rings is 4. The molecule has 0 aliphatic heterocycles. The standard InChI is InChI=1S/C47H45F6N3O5S2/c1-6-12-62-44-31(20-40(58)30-10-8-27(3)43(23-30)61-5)15-35(46(48,49)50)17-33(44)21-41(59)37-24-38(56-25-55-37)42(60)22-34-18-36(47(51,52)53)16-32(45(34)63-13-11-54)19-39(57)29-9-7-26(2)28(4)14-29/h7-10,14-18,23-25H,6,11-13,19-22,54H2,1-5H3. The summed E-state index contributed by atoms with van der Waals surface area (Å²) in [5.41, 5.74) is 6.17. The fourth-order valence-electron chi connectivity index (χ4n) is 6.75. The summed E-state index contributed by atoms with van der Waals surface area (Å²) in [7, 11) is 1.44. The minimum absolute atomic E-state index is 0.00235. The molecule has 16 heteroatoms. The summed E-state index contributed by atoms with van der Waals surface area (Å²) in [4.78, 5) is 63.3. The summed E-state index contributed by atoms with van der Waals surface area (Å²) in [5.74, 6) is -1.28. The molecule has 0 amide bonds. The van der Waals surface area contributed by atoms with Crippen LogP contribution in [0.1, 0.15) is 105 Å². The largest absolute Gasteiger partial charge is 0.496 e. The van der Waals surface area contributed by atoms with Gasteiger partial charge in [0.1, 0.15) is 23.5 Å². The SMILES string of the molecule is CCCSc1c(CC(=O)c2ccc(C)c(OC)c2)cc(C(F)(F)F)cc1CC(=O)c1cc(C(=O)Cc2cc(C(F)(F)F)cc(CC(=O)c3ccc(C)c(C)c3)c2SCCN)ncn1. The van der Waals surface area contributed by atoms with E-state index in [1.54, 1.807) is 37.3 Å². The number of carbonyl (C=O) groups is 4. The van der Waals surface area contributed by atoms with E-state index >= 15 is 0 Å². The van der Waals surface area contributed by atoms with Gasteiger partial charge in [0, 0.05) is 58.9 Å². The van der Waals surface area contributed by atoms with Gasteiger partial charge < -0.3 is 10.5 Å². The van der Waals surface area contributed by atoms with E-state index in [0.29, 0.717) is 28.4 Å². The quantitative estimate of drug-likeness (QED) is 0.0486. The van der Waals surface area contributed by atoms with Gasteiger partial charge in [0.25, 0.3) is 0 Å². The van der Waals surface area contributed by atoms with E-state index in [0.717, 1.165) is 65.1 Å². The first kappa shape index (κ1) is 48.7. The number of hydrogen-bond acceptors (Lipinski definition) is 10.